The molecule has 0 bridgehead atoms. The van der Waals surface area contributed by atoms with Gasteiger partial charge in [0.1, 0.15) is 0 Å². The molecule has 3 rings (SSSR count). The SMILES string of the molecule is O=C(c1ccccc1)c1ccc(Nc2ccccc2CCNS(=O)O)cc1. The van der Waals surface area contributed by atoms with E-state index in [0.717, 1.165) is 16.9 Å². The molecule has 6 heteroatoms. The molecule has 0 saturated heterocycles. The highest BCUT2D eigenvalue weighted by Crippen LogP contribution is 2.22. The summed E-state index contributed by atoms with van der Waals surface area (Å²) in [5, 5.41) is 3.34. The lowest BCUT2D eigenvalue weighted by Crippen LogP contribution is -2.19. The van der Waals surface area contributed by atoms with Gasteiger partial charge in [0.15, 0.2) is 5.78 Å². The van der Waals surface area contributed by atoms with Crippen molar-refractivity contribution in [3.05, 3.63) is 95.6 Å². The molecule has 138 valence electrons. The van der Waals surface area contributed by atoms with Crippen LogP contribution in [0.25, 0.3) is 0 Å². The standard InChI is InChI=1S/C21H20N2O3S/c24-21(17-7-2-1-3-8-17)18-10-12-19(13-11-18)23-20-9-5-4-6-16(20)14-15-22-27(25)26/h1-13,22-23H,14-15H2,(H,25,26). The Labute approximate surface area is 160 Å². The molecule has 5 nitrogen and oxygen atoms in total. The zero-order valence-electron chi connectivity index (χ0n) is 14.6. The van der Waals surface area contributed by atoms with Crippen LogP contribution < -0.4 is 10.0 Å². The molecule has 1 unspecified atom stereocenters. The largest absolute Gasteiger partial charge is 0.355 e. The summed E-state index contributed by atoms with van der Waals surface area (Å²) in [5.74, 6) is -0.00868. The van der Waals surface area contributed by atoms with Crippen molar-refractivity contribution in [2.75, 3.05) is 11.9 Å². The van der Waals surface area contributed by atoms with Crippen LogP contribution >= 0.6 is 0 Å². The highest BCUT2D eigenvalue weighted by Gasteiger charge is 2.09. The molecule has 0 heterocycles. The van der Waals surface area contributed by atoms with E-state index in [0.29, 0.717) is 24.1 Å². The molecule has 0 saturated carbocycles. The lowest BCUT2D eigenvalue weighted by molar-refractivity contribution is 0.103. The number of para-hydroxylation sites is 1. The van der Waals surface area contributed by atoms with Gasteiger partial charge in [-0.15, -0.1) is 0 Å². The first-order chi connectivity index (χ1) is 13.1. The van der Waals surface area contributed by atoms with E-state index >= 15 is 0 Å². The average molecular weight is 380 g/mol. The summed E-state index contributed by atoms with van der Waals surface area (Å²) in [6, 6.07) is 24.3. The monoisotopic (exact) mass is 380 g/mol. The molecule has 0 spiro atoms. The second-order valence-corrected chi connectivity index (χ2v) is 6.74. The molecule has 0 amide bonds. The predicted octanol–water partition coefficient (Wildman–Crippen LogP) is 3.93. The Morgan fingerprint density at radius 3 is 2.19 bits per heavy atom. The normalized spacial score (nSPS) is 11.7. The Hall–Kier alpha value is -2.80. The van der Waals surface area contributed by atoms with Gasteiger partial charge in [0.25, 0.3) is 0 Å². The second kappa shape index (κ2) is 9.23. The van der Waals surface area contributed by atoms with E-state index < -0.39 is 11.3 Å². The summed E-state index contributed by atoms with van der Waals surface area (Å²) in [5.41, 5.74) is 4.11. The molecule has 0 aromatic heterocycles. The minimum Gasteiger partial charge on any atom is -0.355 e. The van der Waals surface area contributed by atoms with Crippen LogP contribution in [0.2, 0.25) is 0 Å². The quantitative estimate of drug-likeness (QED) is 0.409. The van der Waals surface area contributed by atoms with Crippen molar-refractivity contribution in [3.8, 4) is 0 Å². The number of anilines is 2. The molecule has 0 radical (unpaired) electrons. The first-order valence-electron chi connectivity index (χ1n) is 8.52. The van der Waals surface area contributed by atoms with E-state index in [1.54, 1.807) is 24.3 Å². The van der Waals surface area contributed by atoms with Gasteiger partial charge in [0.2, 0.25) is 11.3 Å². The number of ketones is 1. The lowest BCUT2D eigenvalue weighted by Gasteiger charge is -2.12. The number of rotatable bonds is 8. The summed E-state index contributed by atoms with van der Waals surface area (Å²) in [7, 11) is 0. The van der Waals surface area contributed by atoms with Crippen LogP contribution in [0.4, 0.5) is 11.4 Å². The van der Waals surface area contributed by atoms with Crippen molar-refractivity contribution in [2.45, 2.75) is 6.42 Å². The molecular formula is C21H20N2O3S. The number of nitrogens with one attached hydrogen (secondary N) is 2. The lowest BCUT2D eigenvalue weighted by atomic mass is 10.0. The Morgan fingerprint density at radius 2 is 1.48 bits per heavy atom. The predicted molar refractivity (Wildman–Crippen MR) is 109 cm³/mol. The van der Waals surface area contributed by atoms with Gasteiger partial charge in [-0.25, -0.2) is 8.93 Å². The van der Waals surface area contributed by atoms with Gasteiger partial charge in [0, 0.05) is 29.0 Å². The van der Waals surface area contributed by atoms with Crippen molar-refractivity contribution >= 4 is 28.4 Å². The van der Waals surface area contributed by atoms with Crippen LogP contribution in [0, 0.1) is 0 Å². The topological polar surface area (TPSA) is 78.4 Å². The smallest absolute Gasteiger partial charge is 0.231 e. The van der Waals surface area contributed by atoms with Crippen LogP contribution in [0.15, 0.2) is 78.9 Å². The first kappa shape index (κ1) is 19.0. The van der Waals surface area contributed by atoms with Crippen LogP contribution in [0.1, 0.15) is 21.5 Å². The van der Waals surface area contributed by atoms with E-state index in [1.165, 1.54) is 0 Å². The van der Waals surface area contributed by atoms with Crippen LogP contribution in [0.3, 0.4) is 0 Å². The first-order valence-corrected chi connectivity index (χ1v) is 9.63. The van der Waals surface area contributed by atoms with Gasteiger partial charge in [0.05, 0.1) is 0 Å². The van der Waals surface area contributed by atoms with Crippen LogP contribution in [-0.2, 0) is 17.7 Å². The third-order valence-corrected chi connectivity index (χ3v) is 4.55. The molecule has 0 aliphatic carbocycles. The average Bonchev–Trinajstić information content (AvgIpc) is 2.70. The van der Waals surface area contributed by atoms with E-state index in [9.17, 15) is 9.00 Å². The zero-order valence-corrected chi connectivity index (χ0v) is 15.4. The number of hydrogen-bond acceptors (Lipinski definition) is 3. The van der Waals surface area contributed by atoms with Gasteiger partial charge in [-0.1, -0.05) is 48.5 Å². The summed E-state index contributed by atoms with van der Waals surface area (Å²) in [6.07, 6.45) is 0.611. The minimum atomic E-state index is -2.01. The van der Waals surface area contributed by atoms with E-state index in [4.69, 9.17) is 4.55 Å². The summed E-state index contributed by atoms with van der Waals surface area (Å²) >= 11 is -2.01. The van der Waals surface area contributed by atoms with Crippen molar-refractivity contribution in [2.24, 2.45) is 0 Å². The van der Waals surface area contributed by atoms with Gasteiger partial charge < -0.3 is 5.32 Å². The van der Waals surface area contributed by atoms with Crippen molar-refractivity contribution in [1.29, 1.82) is 0 Å². The van der Waals surface area contributed by atoms with Crippen molar-refractivity contribution in [3.63, 3.8) is 0 Å². The second-order valence-electron chi connectivity index (χ2n) is 5.95. The zero-order chi connectivity index (χ0) is 19.1. The number of carbonyl (C=O) groups is 1. The van der Waals surface area contributed by atoms with E-state index in [1.807, 2.05) is 54.6 Å². The summed E-state index contributed by atoms with van der Waals surface area (Å²) in [6.45, 7) is 0.395. The number of carbonyl (C=O) groups excluding carboxylic acids is 1. The van der Waals surface area contributed by atoms with Gasteiger partial charge >= 0.3 is 0 Å². The fraction of sp³-hybridized carbons (Fsp3) is 0.0952. The van der Waals surface area contributed by atoms with E-state index in [-0.39, 0.29) is 5.78 Å². The maximum absolute atomic E-state index is 12.5. The Balaban J connectivity index is 1.70. The Morgan fingerprint density at radius 1 is 0.852 bits per heavy atom. The molecule has 0 aliphatic rings. The fourth-order valence-electron chi connectivity index (χ4n) is 2.75. The maximum Gasteiger partial charge on any atom is 0.231 e. The van der Waals surface area contributed by atoms with Crippen molar-refractivity contribution < 1.29 is 13.6 Å². The summed E-state index contributed by atoms with van der Waals surface area (Å²) in [4.78, 5) is 12.5. The molecule has 3 aromatic carbocycles. The Bertz CT molecular complexity index is 928. The molecule has 27 heavy (non-hydrogen) atoms. The van der Waals surface area contributed by atoms with Gasteiger partial charge in [-0.05, 0) is 42.3 Å². The molecular weight excluding hydrogens is 360 g/mol. The summed E-state index contributed by atoms with van der Waals surface area (Å²) < 4.78 is 22.0. The number of hydrogen-bond donors (Lipinski definition) is 3. The molecule has 1 atom stereocenters. The maximum atomic E-state index is 12.5. The third-order valence-electron chi connectivity index (χ3n) is 4.10. The van der Waals surface area contributed by atoms with E-state index in [2.05, 4.69) is 10.0 Å². The molecule has 0 fully saturated rings. The molecule has 3 N–H and O–H groups in total. The third kappa shape index (κ3) is 5.34. The molecule has 0 aliphatic heterocycles. The van der Waals surface area contributed by atoms with Crippen LogP contribution in [-0.4, -0.2) is 21.1 Å². The van der Waals surface area contributed by atoms with Gasteiger partial charge in [-0.2, -0.15) is 0 Å². The highest BCUT2D eigenvalue weighted by atomic mass is 32.2. The van der Waals surface area contributed by atoms with Crippen LogP contribution in [0.5, 0.6) is 0 Å². The van der Waals surface area contributed by atoms with Crippen molar-refractivity contribution in [1.82, 2.24) is 4.72 Å². The number of benzene rings is 3. The Kier molecular flexibility index (Phi) is 6.49. The van der Waals surface area contributed by atoms with Gasteiger partial charge in [-0.3, -0.25) is 9.35 Å². The minimum absolute atomic E-state index is 0.00868. The molecule has 3 aromatic rings. The highest BCUT2D eigenvalue weighted by molar-refractivity contribution is 7.77. The fourth-order valence-corrected chi connectivity index (χ4v) is 3.03.